The van der Waals surface area contributed by atoms with E-state index in [1.165, 1.54) is 12.1 Å². The number of rotatable bonds is 7. The monoisotopic (exact) mass is 342 g/mol. The number of nitrogens with two attached hydrogens (primary N) is 1. The molecule has 2 aromatic rings. The van der Waals surface area contributed by atoms with Crippen molar-refractivity contribution in [2.24, 2.45) is 5.73 Å². The molecular formula is C18H18N2O5. The number of anilines is 1. The minimum atomic E-state index is -0.542. The second-order valence-corrected chi connectivity index (χ2v) is 4.99. The van der Waals surface area contributed by atoms with Crippen LogP contribution in [0.15, 0.2) is 48.5 Å². The molecule has 0 aromatic heterocycles. The van der Waals surface area contributed by atoms with E-state index in [0.29, 0.717) is 17.0 Å². The van der Waals surface area contributed by atoms with Gasteiger partial charge in [-0.2, -0.15) is 0 Å². The summed E-state index contributed by atoms with van der Waals surface area (Å²) in [7, 11) is 0. The number of ether oxygens (including phenoxy) is 2. The SMILES string of the molecule is CCOC(=O)c1ccccc1NC(=O)COc1ccc(C(N)=O)cc1. The zero-order valence-electron chi connectivity index (χ0n) is 13.7. The lowest BCUT2D eigenvalue weighted by Crippen LogP contribution is -2.22. The number of hydrogen-bond donors (Lipinski definition) is 2. The van der Waals surface area contributed by atoms with E-state index in [-0.39, 0.29) is 18.8 Å². The molecule has 2 amide bonds. The number of esters is 1. The Balaban J connectivity index is 1.96. The first-order valence-electron chi connectivity index (χ1n) is 7.60. The number of hydrogen-bond acceptors (Lipinski definition) is 5. The second-order valence-electron chi connectivity index (χ2n) is 4.99. The van der Waals surface area contributed by atoms with Crippen molar-refractivity contribution in [1.82, 2.24) is 0 Å². The Hall–Kier alpha value is -3.35. The number of primary amides is 1. The Labute approximate surface area is 144 Å². The molecule has 0 saturated heterocycles. The molecule has 0 aliphatic heterocycles. The largest absolute Gasteiger partial charge is 0.484 e. The van der Waals surface area contributed by atoms with Crippen LogP contribution in [0.25, 0.3) is 0 Å². The third kappa shape index (κ3) is 5.07. The molecule has 130 valence electrons. The van der Waals surface area contributed by atoms with Crippen molar-refractivity contribution < 1.29 is 23.9 Å². The summed E-state index contributed by atoms with van der Waals surface area (Å²) >= 11 is 0. The first-order valence-corrected chi connectivity index (χ1v) is 7.60. The lowest BCUT2D eigenvalue weighted by atomic mass is 10.2. The van der Waals surface area contributed by atoms with E-state index in [0.717, 1.165) is 0 Å². The van der Waals surface area contributed by atoms with Gasteiger partial charge in [-0.3, -0.25) is 9.59 Å². The van der Waals surface area contributed by atoms with E-state index in [2.05, 4.69) is 5.32 Å². The number of benzene rings is 2. The van der Waals surface area contributed by atoms with Gasteiger partial charge in [0.1, 0.15) is 5.75 Å². The zero-order chi connectivity index (χ0) is 18.2. The topological polar surface area (TPSA) is 108 Å². The lowest BCUT2D eigenvalue weighted by molar-refractivity contribution is -0.118. The van der Waals surface area contributed by atoms with E-state index in [4.69, 9.17) is 15.2 Å². The van der Waals surface area contributed by atoms with Crippen molar-refractivity contribution >= 4 is 23.5 Å². The fourth-order valence-electron chi connectivity index (χ4n) is 2.03. The molecule has 2 rings (SSSR count). The number of amides is 2. The van der Waals surface area contributed by atoms with Gasteiger partial charge in [0.2, 0.25) is 5.91 Å². The summed E-state index contributed by atoms with van der Waals surface area (Å²) in [5, 5.41) is 2.61. The molecule has 0 unspecified atom stereocenters. The average molecular weight is 342 g/mol. The van der Waals surface area contributed by atoms with E-state index >= 15 is 0 Å². The van der Waals surface area contributed by atoms with Gasteiger partial charge in [-0.05, 0) is 43.3 Å². The summed E-state index contributed by atoms with van der Waals surface area (Å²) in [6, 6.07) is 12.6. The summed E-state index contributed by atoms with van der Waals surface area (Å²) in [5.74, 6) is -1.07. The Morgan fingerprint density at radius 2 is 1.72 bits per heavy atom. The first-order chi connectivity index (χ1) is 12.0. The number of nitrogens with one attached hydrogen (secondary N) is 1. The maximum absolute atomic E-state index is 12.0. The van der Waals surface area contributed by atoms with Crippen LogP contribution in [0.1, 0.15) is 27.6 Å². The van der Waals surface area contributed by atoms with Crippen LogP contribution in [-0.2, 0) is 9.53 Å². The van der Waals surface area contributed by atoms with Crippen LogP contribution in [0, 0.1) is 0 Å². The fraction of sp³-hybridized carbons (Fsp3) is 0.167. The van der Waals surface area contributed by atoms with Crippen LogP contribution in [-0.4, -0.2) is 31.0 Å². The van der Waals surface area contributed by atoms with E-state index in [9.17, 15) is 14.4 Å². The Morgan fingerprint density at radius 1 is 1.04 bits per heavy atom. The first kappa shape index (κ1) is 18.0. The summed E-state index contributed by atoms with van der Waals surface area (Å²) in [6.07, 6.45) is 0. The highest BCUT2D eigenvalue weighted by molar-refractivity contribution is 6.01. The quantitative estimate of drug-likeness (QED) is 0.748. The molecule has 0 bridgehead atoms. The predicted molar refractivity (Wildman–Crippen MR) is 91.5 cm³/mol. The zero-order valence-corrected chi connectivity index (χ0v) is 13.7. The molecule has 0 aliphatic carbocycles. The van der Waals surface area contributed by atoms with Crippen molar-refractivity contribution in [3.05, 3.63) is 59.7 Å². The molecule has 7 nitrogen and oxygen atoms in total. The Kier molecular flexibility index (Phi) is 6.11. The van der Waals surface area contributed by atoms with Gasteiger partial charge in [0.15, 0.2) is 6.61 Å². The Bertz CT molecular complexity index is 771. The molecule has 25 heavy (non-hydrogen) atoms. The van der Waals surface area contributed by atoms with Crippen molar-refractivity contribution in [3.63, 3.8) is 0 Å². The summed E-state index contributed by atoms with van der Waals surface area (Å²) in [6.45, 7) is 1.69. The Morgan fingerprint density at radius 3 is 2.36 bits per heavy atom. The highest BCUT2D eigenvalue weighted by Gasteiger charge is 2.14. The van der Waals surface area contributed by atoms with Gasteiger partial charge in [-0.15, -0.1) is 0 Å². The van der Waals surface area contributed by atoms with Crippen LogP contribution in [0.2, 0.25) is 0 Å². The second kappa shape index (κ2) is 8.49. The predicted octanol–water partition coefficient (Wildman–Crippen LogP) is 1.98. The smallest absolute Gasteiger partial charge is 0.340 e. The van der Waals surface area contributed by atoms with Crippen LogP contribution in [0.3, 0.4) is 0 Å². The van der Waals surface area contributed by atoms with Gasteiger partial charge in [0.05, 0.1) is 17.9 Å². The maximum atomic E-state index is 12.0. The third-order valence-electron chi connectivity index (χ3n) is 3.21. The summed E-state index contributed by atoms with van der Waals surface area (Å²) in [5.41, 5.74) is 6.11. The molecular weight excluding hydrogens is 324 g/mol. The van der Waals surface area contributed by atoms with Gasteiger partial charge in [-0.1, -0.05) is 12.1 Å². The van der Waals surface area contributed by atoms with Crippen LogP contribution >= 0.6 is 0 Å². The van der Waals surface area contributed by atoms with Crippen LogP contribution < -0.4 is 15.8 Å². The van der Waals surface area contributed by atoms with E-state index in [1.54, 1.807) is 43.3 Å². The average Bonchev–Trinajstić information content (AvgIpc) is 2.61. The van der Waals surface area contributed by atoms with E-state index < -0.39 is 17.8 Å². The molecule has 2 aromatic carbocycles. The molecule has 7 heteroatoms. The van der Waals surface area contributed by atoms with Crippen molar-refractivity contribution in [1.29, 1.82) is 0 Å². The summed E-state index contributed by atoms with van der Waals surface area (Å²) < 4.78 is 10.3. The number of carbonyl (C=O) groups excluding carboxylic acids is 3. The molecule has 0 atom stereocenters. The fourth-order valence-corrected chi connectivity index (χ4v) is 2.03. The minimum absolute atomic E-state index is 0.242. The highest BCUT2D eigenvalue weighted by Crippen LogP contribution is 2.17. The molecule has 0 heterocycles. The number of para-hydroxylation sites is 1. The molecule has 0 spiro atoms. The molecule has 0 radical (unpaired) electrons. The standard InChI is InChI=1S/C18H18N2O5/c1-2-24-18(23)14-5-3-4-6-15(14)20-16(21)11-25-13-9-7-12(8-10-13)17(19)22/h3-10H,2,11H2,1H3,(H2,19,22)(H,20,21). The van der Waals surface area contributed by atoms with E-state index in [1.807, 2.05) is 0 Å². The van der Waals surface area contributed by atoms with Crippen molar-refractivity contribution in [2.45, 2.75) is 6.92 Å². The summed E-state index contributed by atoms with van der Waals surface area (Å²) in [4.78, 5) is 34.9. The van der Waals surface area contributed by atoms with Crippen molar-refractivity contribution in [2.75, 3.05) is 18.5 Å². The highest BCUT2D eigenvalue weighted by atomic mass is 16.5. The van der Waals surface area contributed by atoms with Gasteiger partial charge in [0.25, 0.3) is 5.91 Å². The normalized spacial score (nSPS) is 9.96. The van der Waals surface area contributed by atoms with Gasteiger partial charge < -0.3 is 20.5 Å². The van der Waals surface area contributed by atoms with Crippen molar-refractivity contribution in [3.8, 4) is 5.75 Å². The molecule has 0 aliphatic rings. The number of carbonyl (C=O) groups is 3. The van der Waals surface area contributed by atoms with Crippen LogP contribution in [0.5, 0.6) is 5.75 Å². The third-order valence-corrected chi connectivity index (χ3v) is 3.21. The van der Waals surface area contributed by atoms with Gasteiger partial charge in [-0.25, -0.2) is 4.79 Å². The maximum Gasteiger partial charge on any atom is 0.340 e. The molecule has 3 N–H and O–H groups in total. The molecule has 0 saturated carbocycles. The minimum Gasteiger partial charge on any atom is -0.484 e. The van der Waals surface area contributed by atoms with Crippen LogP contribution in [0.4, 0.5) is 5.69 Å². The lowest BCUT2D eigenvalue weighted by Gasteiger charge is -2.11. The van der Waals surface area contributed by atoms with Gasteiger partial charge >= 0.3 is 5.97 Å². The van der Waals surface area contributed by atoms with Gasteiger partial charge in [0, 0.05) is 5.56 Å². The molecule has 0 fully saturated rings.